The van der Waals surface area contributed by atoms with E-state index in [4.69, 9.17) is 11.6 Å². The number of alkyl halides is 1. The predicted molar refractivity (Wildman–Crippen MR) is 86.0 cm³/mol. The molecule has 2 heterocycles. The number of halogens is 2. The van der Waals surface area contributed by atoms with Gasteiger partial charge in [-0.25, -0.2) is 9.37 Å². The molecule has 2 nitrogen and oxygen atoms in total. The Balaban J connectivity index is 2.05. The van der Waals surface area contributed by atoms with Crippen molar-refractivity contribution in [2.45, 2.75) is 5.88 Å². The fourth-order valence-corrected chi connectivity index (χ4v) is 3.52. The standard InChI is InChI=1S/C16H10ClFN2S/c17-9-16-19-13-3-1-11(18)8-14(13)20(16)12-2-4-15-10(7-12)5-6-21-15/h1-8H,9H2. The van der Waals surface area contributed by atoms with Crippen molar-refractivity contribution in [2.24, 2.45) is 0 Å². The molecular weight excluding hydrogens is 307 g/mol. The van der Waals surface area contributed by atoms with Crippen LogP contribution in [0.3, 0.4) is 0 Å². The lowest BCUT2D eigenvalue weighted by Gasteiger charge is -2.08. The second-order valence-electron chi connectivity index (χ2n) is 4.77. The molecular formula is C16H10ClFN2S. The summed E-state index contributed by atoms with van der Waals surface area (Å²) < 4.78 is 16.7. The molecule has 0 saturated heterocycles. The molecule has 104 valence electrons. The van der Waals surface area contributed by atoms with E-state index in [1.165, 1.54) is 16.8 Å². The summed E-state index contributed by atoms with van der Waals surface area (Å²) in [5.74, 6) is 0.714. The normalized spacial score (nSPS) is 11.5. The maximum atomic E-state index is 13.6. The van der Waals surface area contributed by atoms with Crippen molar-refractivity contribution < 1.29 is 4.39 Å². The van der Waals surface area contributed by atoms with Crippen LogP contribution in [-0.4, -0.2) is 9.55 Å². The average molecular weight is 317 g/mol. The Morgan fingerprint density at radius 1 is 1.14 bits per heavy atom. The number of fused-ring (bicyclic) bond motifs is 2. The molecule has 0 bridgehead atoms. The Morgan fingerprint density at radius 2 is 2.05 bits per heavy atom. The van der Waals surface area contributed by atoms with Gasteiger partial charge in [-0.15, -0.1) is 22.9 Å². The van der Waals surface area contributed by atoms with Gasteiger partial charge in [0.15, 0.2) is 0 Å². The van der Waals surface area contributed by atoms with Gasteiger partial charge in [0.1, 0.15) is 11.6 Å². The minimum atomic E-state index is -0.276. The molecule has 0 unspecified atom stereocenters. The molecule has 0 amide bonds. The molecule has 0 N–H and O–H groups in total. The summed E-state index contributed by atoms with van der Waals surface area (Å²) >= 11 is 7.71. The minimum absolute atomic E-state index is 0.276. The van der Waals surface area contributed by atoms with Crippen LogP contribution in [0.4, 0.5) is 4.39 Å². The first-order valence-electron chi connectivity index (χ1n) is 6.47. The van der Waals surface area contributed by atoms with Gasteiger partial charge in [-0.1, -0.05) is 0 Å². The first-order valence-corrected chi connectivity index (χ1v) is 7.88. The number of hydrogen-bond acceptors (Lipinski definition) is 2. The van der Waals surface area contributed by atoms with E-state index >= 15 is 0 Å². The van der Waals surface area contributed by atoms with Gasteiger partial charge in [0.25, 0.3) is 0 Å². The molecule has 21 heavy (non-hydrogen) atoms. The lowest BCUT2D eigenvalue weighted by molar-refractivity contribution is 0.629. The molecule has 4 rings (SSSR count). The van der Waals surface area contributed by atoms with Gasteiger partial charge in [-0.05, 0) is 47.2 Å². The molecule has 0 fully saturated rings. The van der Waals surface area contributed by atoms with Crippen molar-refractivity contribution >= 4 is 44.1 Å². The molecule has 0 atom stereocenters. The molecule has 4 aromatic rings. The third-order valence-corrected chi connectivity index (χ3v) is 4.64. The highest BCUT2D eigenvalue weighted by molar-refractivity contribution is 7.17. The molecule has 0 aliphatic heterocycles. The molecule has 0 aliphatic carbocycles. The lowest BCUT2D eigenvalue weighted by Crippen LogP contribution is -1.99. The van der Waals surface area contributed by atoms with Crippen LogP contribution in [0.25, 0.3) is 26.8 Å². The highest BCUT2D eigenvalue weighted by atomic mass is 35.5. The first kappa shape index (κ1) is 12.8. The largest absolute Gasteiger partial charge is 0.295 e. The highest BCUT2D eigenvalue weighted by Crippen LogP contribution is 2.28. The number of nitrogens with zero attached hydrogens (tertiary/aromatic N) is 2. The first-order chi connectivity index (χ1) is 10.3. The second-order valence-corrected chi connectivity index (χ2v) is 5.99. The van der Waals surface area contributed by atoms with Crippen molar-refractivity contribution in [3.63, 3.8) is 0 Å². The van der Waals surface area contributed by atoms with Crippen molar-refractivity contribution in [1.82, 2.24) is 9.55 Å². The molecule has 0 aliphatic rings. The van der Waals surface area contributed by atoms with Crippen molar-refractivity contribution in [1.29, 1.82) is 0 Å². The maximum Gasteiger partial charge on any atom is 0.129 e. The van der Waals surface area contributed by atoms with Crippen LogP contribution in [0.1, 0.15) is 5.82 Å². The van der Waals surface area contributed by atoms with Crippen molar-refractivity contribution in [3.05, 3.63) is 59.5 Å². The third kappa shape index (κ3) is 2.03. The van der Waals surface area contributed by atoms with Gasteiger partial charge in [-0.2, -0.15) is 0 Å². The molecule has 2 aromatic heterocycles. The van der Waals surface area contributed by atoms with Gasteiger partial charge in [0.2, 0.25) is 0 Å². The number of thiophene rings is 1. The number of rotatable bonds is 2. The molecule has 0 spiro atoms. The van der Waals surface area contributed by atoms with E-state index in [-0.39, 0.29) is 11.7 Å². The zero-order valence-electron chi connectivity index (χ0n) is 10.9. The summed E-state index contributed by atoms with van der Waals surface area (Å²) in [6.07, 6.45) is 0. The average Bonchev–Trinajstić information content (AvgIpc) is 3.09. The van der Waals surface area contributed by atoms with Crippen LogP contribution >= 0.6 is 22.9 Å². The van der Waals surface area contributed by atoms with Gasteiger partial charge in [0.05, 0.1) is 16.9 Å². The van der Waals surface area contributed by atoms with E-state index in [0.29, 0.717) is 5.82 Å². The Kier molecular flexibility index (Phi) is 2.94. The van der Waals surface area contributed by atoms with Gasteiger partial charge < -0.3 is 0 Å². The zero-order chi connectivity index (χ0) is 14.4. The lowest BCUT2D eigenvalue weighted by atomic mass is 10.2. The fraction of sp³-hybridized carbons (Fsp3) is 0.0625. The summed E-state index contributed by atoms with van der Waals surface area (Å²) in [4.78, 5) is 4.48. The monoisotopic (exact) mass is 316 g/mol. The van der Waals surface area contributed by atoms with Crippen molar-refractivity contribution in [2.75, 3.05) is 0 Å². The van der Waals surface area contributed by atoms with E-state index in [9.17, 15) is 4.39 Å². The number of imidazole rings is 1. The Labute approximate surface area is 129 Å². The minimum Gasteiger partial charge on any atom is -0.295 e. The summed E-state index contributed by atoms with van der Waals surface area (Å²) in [6.45, 7) is 0. The Morgan fingerprint density at radius 3 is 2.90 bits per heavy atom. The summed E-state index contributed by atoms with van der Waals surface area (Å²) in [5, 5.41) is 3.22. The summed E-state index contributed by atoms with van der Waals surface area (Å²) in [6, 6.07) is 12.8. The molecule has 0 saturated carbocycles. The van der Waals surface area contributed by atoms with Crippen LogP contribution in [0.5, 0.6) is 0 Å². The van der Waals surface area contributed by atoms with Crippen LogP contribution in [0.2, 0.25) is 0 Å². The van der Waals surface area contributed by atoms with Crippen LogP contribution < -0.4 is 0 Å². The van der Waals surface area contributed by atoms with Gasteiger partial charge in [-0.3, -0.25) is 4.57 Å². The van der Waals surface area contributed by atoms with E-state index < -0.39 is 0 Å². The number of aromatic nitrogens is 2. The topological polar surface area (TPSA) is 17.8 Å². The van der Waals surface area contributed by atoms with Crippen molar-refractivity contribution in [3.8, 4) is 5.69 Å². The number of benzene rings is 2. The van der Waals surface area contributed by atoms with E-state index in [1.54, 1.807) is 17.4 Å². The maximum absolute atomic E-state index is 13.6. The van der Waals surface area contributed by atoms with E-state index in [0.717, 1.165) is 22.1 Å². The van der Waals surface area contributed by atoms with Crippen LogP contribution in [0.15, 0.2) is 47.8 Å². The molecule has 2 aromatic carbocycles. The summed E-state index contributed by atoms with van der Waals surface area (Å²) in [5.41, 5.74) is 2.43. The predicted octanol–water partition coefficient (Wildman–Crippen LogP) is 5.12. The van der Waals surface area contributed by atoms with E-state index in [2.05, 4.69) is 28.6 Å². The van der Waals surface area contributed by atoms with Gasteiger partial charge >= 0.3 is 0 Å². The SMILES string of the molecule is Fc1ccc2nc(CCl)n(-c3ccc4sccc4c3)c2c1. The highest BCUT2D eigenvalue weighted by Gasteiger charge is 2.13. The van der Waals surface area contributed by atoms with Crippen LogP contribution in [0, 0.1) is 5.82 Å². The quantitative estimate of drug-likeness (QED) is 0.469. The smallest absolute Gasteiger partial charge is 0.129 e. The Bertz CT molecular complexity index is 957. The fourth-order valence-electron chi connectivity index (χ4n) is 2.57. The number of hydrogen-bond donors (Lipinski definition) is 0. The van der Waals surface area contributed by atoms with E-state index in [1.807, 2.05) is 10.6 Å². The Hall–Kier alpha value is -1.91. The zero-order valence-corrected chi connectivity index (χ0v) is 12.5. The second kappa shape index (κ2) is 4.83. The third-order valence-electron chi connectivity index (χ3n) is 3.50. The van der Waals surface area contributed by atoms with Crippen LogP contribution in [-0.2, 0) is 5.88 Å². The van der Waals surface area contributed by atoms with Gasteiger partial charge in [0, 0.05) is 16.5 Å². The molecule has 0 radical (unpaired) electrons. The summed E-state index contributed by atoms with van der Waals surface area (Å²) in [7, 11) is 0. The molecule has 5 heteroatoms.